The van der Waals surface area contributed by atoms with Crippen LogP contribution in [-0.2, 0) is 30.3 Å². The van der Waals surface area contributed by atoms with Crippen molar-refractivity contribution in [1.82, 2.24) is 5.32 Å². The molecule has 0 aromatic heterocycles. The third kappa shape index (κ3) is 5.44. The molecule has 0 unspecified atom stereocenters. The van der Waals surface area contributed by atoms with Gasteiger partial charge in [-0.15, -0.1) is 0 Å². The lowest BCUT2D eigenvalue weighted by atomic mass is 10.1. The number of anilines is 1. The van der Waals surface area contributed by atoms with Gasteiger partial charge in [0.25, 0.3) is 5.91 Å². The van der Waals surface area contributed by atoms with Gasteiger partial charge >= 0.3 is 5.97 Å². The molecule has 1 aliphatic rings. The van der Waals surface area contributed by atoms with Crippen LogP contribution in [0.5, 0.6) is 0 Å². The molecule has 156 valence electrons. The zero-order chi connectivity index (χ0) is 21.5. The maximum atomic E-state index is 12.9. The summed E-state index contributed by atoms with van der Waals surface area (Å²) < 4.78 is 23.3. The van der Waals surface area contributed by atoms with Gasteiger partial charge < -0.3 is 20.1 Å². The first kappa shape index (κ1) is 21.0. The maximum absolute atomic E-state index is 12.9. The normalized spacial score (nSPS) is 14.1. The van der Waals surface area contributed by atoms with Gasteiger partial charge in [-0.1, -0.05) is 30.3 Å². The summed E-state index contributed by atoms with van der Waals surface area (Å²) in [7, 11) is 0. The van der Waals surface area contributed by atoms with E-state index in [0.29, 0.717) is 12.1 Å². The van der Waals surface area contributed by atoms with E-state index < -0.39 is 23.8 Å². The van der Waals surface area contributed by atoms with Crippen molar-refractivity contribution in [3.63, 3.8) is 0 Å². The van der Waals surface area contributed by atoms with E-state index in [1.165, 1.54) is 19.1 Å². The molecule has 1 heterocycles. The molecular weight excluding hydrogens is 391 g/mol. The number of rotatable bonds is 8. The Kier molecular flexibility index (Phi) is 6.79. The minimum absolute atomic E-state index is 0.000109. The van der Waals surface area contributed by atoms with Gasteiger partial charge in [0.1, 0.15) is 5.82 Å². The Balaban J connectivity index is 1.55. The Bertz CT molecular complexity index is 957. The van der Waals surface area contributed by atoms with Crippen molar-refractivity contribution in [3.05, 3.63) is 77.4 Å². The van der Waals surface area contributed by atoms with Crippen LogP contribution in [-0.4, -0.2) is 36.9 Å². The highest BCUT2D eigenvalue weighted by atomic mass is 19.1. The monoisotopic (exact) mass is 412 g/mol. The number of nitrogens with one attached hydrogen (secondary N) is 2. The third-order valence-electron chi connectivity index (χ3n) is 4.37. The summed E-state index contributed by atoms with van der Waals surface area (Å²) in [6.45, 7) is 1.42. The SMILES string of the molecule is C[C@H](OC(=O)C1=C(Nc2ccccc2)OCC1=O)C(=O)NCCc1ccc(F)cc1. The molecule has 3 rings (SSSR count). The molecule has 0 aliphatic carbocycles. The molecule has 2 aromatic rings. The predicted octanol–water partition coefficient (Wildman–Crippen LogP) is 2.34. The molecule has 0 spiro atoms. The van der Waals surface area contributed by atoms with Crippen LogP contribution in [0.2, 0.25) is 0 Å². The topological polar surface area (TPSA) is 93.7 Å². The Hall–Kier alpha value is -3.68. The zero-order valence-electron chi connectivity index (χ0n) is 16.3. The molecule has 8 heteroatoms. The van der Waals surface area contributed by atoms with Crippen molar-refractivity contribution < 1.29 is 28.2 Å². The number of hydrogen-bond acceptors (Lipinski definition) is 6. The Morgan fingerprint density at radius 3 is 2.53 bits per heavy atom. The minimum Gasteiger partial charge on any atom is -0.470 e. The molecule has 7 nitrogen and oxygen atoms in total. The number of halogens is 1. The Labute approximate surface area is 172 Å². The average molecular weight is 412 g/mol. The standard InChI is InChI=1S/C22H21FN2O5/c1-14(20(27)24-12-11-15-7-9-16(23)10-8-15)30-22(28)19-18(26)13-29-21(19)25-17-5-3-2-4-6-17/h2-10,14,25H,11-13H2,1H3,(H,24,27)/t14-/m0/s1. The number of para-hydroxylation sites is 1. The summed E-state index contributed by atoms with van der Waals surface area (Å²) in [6, 6.07) is 14.8. The zero-order valence-corrected chi connectivity index (χ0v) is 16.3. The second-order valence-corrected chi connectivity index (χ2v) is 6.62. The molecule has 2 N–H and O–H groups in total. The summed E-state index contributed by atoms with van der Waals surface area (Å²) in [5, 5.41) is 5.52. The quantitative estimate of drug-likeness (QED) is 0.511. The summed E-state index contributed by atoms with van der Waals surface area (Å²) in [6.07, 6.45) is -0.612. The predicted molar refractivity (Wildman–Crippen MR) is 107 cm³/mol. The largest absolute Gasteiger partial charge is 0.470 e. The minimum atomic E-state index is -1.11. The lowest BCUT2D eigenvalue weighted by Gasteiger charge is -2.14. The van der Waals surface area contributed by atoms with Gasteiger partial charge in [0.2, 0.25) is 11.7 Å². The number of esters is 1. The van der Waals surface area contributed by atoms with Crippen LogP contribution in [0, 0.1) is 5.82 Å². The van der Waals surface area contributed by atoms with Crippen molar-refractivity contribution in [2.45, 2.75) is 19.4 Å². The summed E-state index contributed by atoms with van der Waals surface area (Å²) in [5.74, 6) is -2.29. The molecule has 0 fully saturated rings. The Morgan fingerprint density at radius 1 is 1.13 bits per heavy atom. The second-order valence-electron chi connectivity index (χ2n) is 6.62. The van der Waals surface area contributed by atoms with Crippen LogP contribution < -0.4 is 10.6 Å². The molecule has 0 saturated carbocycles. The molecule has 0 saturated heterocycles. The third-order valence-corrected chi connectivity index (χ3v) is 4.37. The van der Waals surface area contributed by atoms with Crippen molar-refractivity contribution in [2.24, 2.45) is 0 Å². The molecule has 0 radical (unpaired) electrons. The van der Waals surface area contributed by atoms with E-state index in [1.54, 1.807) is 36.4 Å². The lowest BCUT2D eigenvalue weighted by Crippen LogP contribution is -2.37. The van der Waals surface area contributed by atoms with Crippen LogP contribution in [0.15, 0.2) is 66.1 Å². The first-order valence-corrected chi connectivity index (χ1v) is 9.39. The maximum Gasteiger partial charge on any atom is 0.348 e. The molecule has 1 amide bonds. The van der Waals surface area contributed by atoms with Gasteiger partial charge in [0, 0.05) is 12.2 Å². The number of carbonyl (C=O) groups excluding carboxylic acids is 3. The van der Waals surface area contributed by atoms with Crippen LogP contribution in [0.4, 0.5) is 10.1 Å². The molecule has 30 heavy (non-hydrogen) atoms. The molecular formula is C22H21FN2O5. The van der Waals surface area contributed by atoms with Crippen molar-refractivity contribution >= 4 is 23.3 Å². The van der Waals surface area contributed by atoms with E-state index in [2.05, 4.69) is 10.6 Å². The molecule has 0 bridgehead atoms. The Morgan fingerprint density at radius 2 is 1.83 bits per heavy atom. The van der Waals surface area contributed by atoms with E-state index in [9.17, 15) is 18.8 Å². The number of Topliss-reactive ketones (excluding diaryl/α,β-unsaturated/α-hetero) is 1. The number of ketones is 1. The van der Waals surface area contributed by atoms with Gasteiger partial charge in [-0.25, -0.2) is 9.18 Å². The van der Waals surface area contributed by atoms with E-state index >= 15 is 0 Å². The average Bonchev–Trinajstić information content (AvgIpc) is 3.10. The van der Waals surface area contributed by atoms with Crippen molar-refractivity contribution in [2.75, 3.05) is 18.5 Å². The van der Waals surface area contributed by atoms with Gasteiger partial charge in [0.05, 0.1) is 0 Å². The van der Waals surface area contributed by atoms with Gasteiger partial charge in [-0.3, -0.25) is 9.59 Å². The van der Waals surface area contributed by atoms with E-state index in [0.717, 1.165) is 5.56 Å². The van der Waals surface area contributed by atoms with Crippen LogP contribution >= 0.6 is 0 Å². The van der Waals surface area contributed by atoms with Gasteiger partial charge in [0.15, 0.2) is 18.3 Å². The van der Waals surface area contributed by atoms with Crippen molar-refractivity contribution in [3.8, 4) is 0 Å². The van der Waals surface area contributed by atoms with Gasteiger partial charge in [-0.2, -0.15) is 0 Å². The fraction of sp³-hybridized carbons (Fsp3) is 0.227. The summed E-state index contributed by atoms with van der Waals surface area (Å²) in [4.78, 5) is 36.7. The lowest BCUT2D eigenvalue weighted by molar-refractivity contribution is -0.151. The van der Waals surface area contributed by atoms with Crippen LogP contribution in [0.1, 0.15) is 12.5 Å². The van der Waals surface area contributed by atoms with Crippen LogP contribution in [0.25, 0.3) is 0 Å². The molecule has 2 aromatic carbocycles. The number of carbonyl (C=O) groups is 3. The second kappa shape index (κ2) is 9.69. The highest BCUT2D eigenvalue weighted by Gasteiger charge is 2.34. The van der Waals surface area contributed by atoms with Crippen LogP contribution in [0.3, 0.4) is 0 Å². The van der Waals surface area contributed by atoms with E-state index in [4.69, 9.17) is 9.47 Å². The highest BCUT2D eigenvalue weighted by molar-refractivity contribution is 6.20. The number of hydrogen-bond donors (Lipinski definition) is 2. The summed E-state index contributed by atoms with van der Waals surface area (Å²) in [5.41, 5.74) is 1.24. The number of benzene rings is 2. The van der Waals surface area contributed by atoms with E-state index in [1.807, 2.05) is 6.07 Å². The molecule has 1 atom stereocenters. The summed E-state index contributed by atoms with van der Waals surface area (Å²) >= 11 is 0. The molecule has 1 aliphatic heterocycles. The van der Waals surface area contributed by atoms with Crippen molar-refractivity contribution in [1.29, 1.82) is 0 Å². The van der Waals surface area contributed by atoms with E-state index in [-0.39, 0.29) is 30.4 Å². The smallest absolute Gasteiger partial charge is 0.348 e. The first-order chi connectivity index (χ1) is 14.4. The highest BCUT2D eigenvalue weighted by Crippen LogP contribution is 2.21. The number of ether oxygens (including phenoxy) is 2. The fourth-order valence-corrected chi connectivity index (χ4v) is 2.76. The first-order valence-electron chi connectivity index (χ1n) is 9.39. The number of amides is 1. The van der Waals surface area contributed by atoms with Gasteiger partial charge in [-0.05, 0) is 43.2 Å². The fourth-order valence-electron chi connectivity index (χ4n) is 2.76.